The first kappa shape index (κ1) is 18.9. The van der Waals surface area contributed by atoms with Gasteiger partial charge in [0.2, 0.25) is 0 Å². The third kappa shape index (κ3) is 2.93. The summed E-state index contributed by atoms with van der Waals surface area (Å²) in [6, 6.07) is 2.09. The molecule has 3 aromatic rings. The molecule has 26 heavy (non-hydrogen) atoms. The maximum atomic E-state index is 13.2. The Hall–Kier alpha value is -1.86. The number of halogens is 1. The Morgan fingerprint density at radius 1 is 1.31 bits per heavy atom. The fourth-order valence-electron chi connectivity index (χ4n) is 3.27. The van der Waals surface area contributed by atoms with Crippen molar-refractivity contribution in [2.24, 2.45) is 7.05 Å². The molecule has 0 N–H and O–H groups in total. The predicted octanol–water partition coefficient (Wildman–Crippen LogP) is 4.09. The summed E-state index contributed by atoms with van der Waals surface area (Å²) in [4.78, 5) is 20.1. The lowest BCUT2D eigenvalue weighted by molar-refractivity contribution is 0.644. The van der Waals surface area contributed by atoms with Crippen LogP contribution in [0.25, 0.3) is 16.2 Å². The highest BCUT2D eigenvalue weighted by Crippen LogP contribution is 2.36. The molecule has 0 aliphatic rings. The molecule has 0 amide bonds. The van der Waals surface area contributed by atoms with E-state index in [4.69, 9.17) is 16.7 Å². The van der Waals surface area contributed by atoms with Crippen molar-refractivity contribution in [2.45, 2.75) is 39.5 Å². The van der Waals surface area contributed by atoms with Crippen LogP contribution in [0.5, 0.6) is 0 Å². The van der Waals surface area contributed by atoms with E-state index in [1.54, 1.807) is 16.1 Å². The van der Waals surface area contributed by atoms with Crippen LogP contribution in [0.2, 0.25) is 5.15 Å². The minimum atomic E-state index is -0.0548. The molecule has 0 unspecified atom stereocenters. The summed E-state index contributed by atoms with van der Waals surface area (Å²) in [5.41, 5.74) is 2.64. The third-order valence-electron chi connectivity index (χ3n) is 4.79. The van der Waals surface area contributed by atoms with Crippen molar-refractivity contribution in [2.75, 3.05) is 19.0 Å². The summed E-state index contributed by atoms with van der Waals surface area (Å²) < 4.78 is 3.34. The third-order valence-corrected chi connectivity index (χ3v) is 6.39. The van der Waals surface area contributed by atoms with E-state index in [-0.39, 0.29) is 5.56 Å². The molecule has 0 aromatic carbocycles. The van der Waals surface area contributed by atoms with Crippen LogP contribution < -0.4 is 10.5 Å². The molecular formula is C18H24ClN5OS. The quantitative estimate of drug-likeness (QED) is 0.655. The summed E-state index contributed by atoms with van der Waals surface area (Å²) in [5, 5.41) is 5.90. The van der Waals surface area contributed by atoms with E-state index in [0.717, 1.165) is 29.2 Å². The first-order valence-corrected chi connectivity index (χ1v) is 9.92. The van der Waals surface area contributed by atoms with Crippen LogP contribution in [0.1, 0.15) is 43.9 Å². The van der Waals surface area contributed by atoms with Gasteiger partial charge in [-0.2, -0.15) is 0 Å². The van der Waals surface area contributed by atoms with Crippen molar-refractivity contribution in [3.63, 3.8) is 0 Å². The lowest BCUT2D eigenvalue weighted by Gasteiger charge is -2.12. The smallest absolute Gasteiger partial charge is 0.278 e. The molecular weight excluding hydrogens is 370 g/mol. The zero-order valence-electron chi connectivity index (χ0n) is 16.0. The zero-order chi connectivity index (χ0) is 19.2. The number of nitrogens with zero attached hydrogens (tertiary/aromatic N) is 5. The van der Waals surface area contributed by atoms with E-state index in [9.17, 15) is 4.79 Å². The number of hydrogen-bond donors (Lipinski definition) is 0. The summed E-state index contributed by atoms with van der Waals surface area (Å²) in [6.07, 6.45) is 1.99. The average molecular weight is 394 g/mol. The number of anilines is 1. The normalized spacial score (nSPS) is 11.7. The van der Waals surface area contributed by atoms with E-state index in [0.29, 0.717) is 27.3 Å². The first-order chi connectivity index (χ1) is 12.3. The first-order valence-electron chi connectivity index (χ1n) is 8.73. The number of rotatable bonds is 5. The number of hydrogen-bond acceptors (Lipinski definition) is 5. The molecule has 0 aliphatic carbocycles. The van der Waals surface area contributed by atoms with Gasteiger partial charge in [0.25, 0.3) is 5.56 Å². The maximum Gasteiger partial charge on any atom is 0.278 e. The van der Waals surface area contributed by atoms with Gasteiger partial charge >= 0.3 is 0 Å². The average Bonchev–Trinajstić information content (AvgIpc) is 3.13. The Morgan fingerprint density at radius 3 is 2.50 bits per heavy atom. The van der Waals surface area contributed by atoms with Gasteiger partial charge in [-0.25, -0.2) is 9.50 Å². The monoisotopic (exact) mass is 393 g/mol. The highest BCUT2D eigenvalue weighted by molar-refractivity contribution is 7.19. The van der Waals surface area contributed by atoms with Crippen molar-refractivity contribution < 1.29 is 0 Å². The van der Waals surface area contributed by atoms with Crippen LogP contribution in [-0.4, -0.2) is 33.3 Å². The van der Waals surface area contributed by atoms with Crippen LogP contribution in [-0.2, 0) is 7.05 Å². The fourth-order valence-corrected chi connectivity index (χ4v) is 4.50. The van der Waals surface area contributed by atoms with Crippen LogP contribution in [0.4, 0.5) is 5.13 Å². The SMILES string of the molecule is CCC(CC)c1cc(C)n2nc(-c3sc(N(C)C)nc3Cl)n(C)c(=O)c12. The highest BCUT2D eigenvalue weighted by Gasteiger charge is 2.23. The topological polar surface area (TPSA) is 55.4 Å². The van der Waals surface area contributed by atoms with E-state index >= 15 is 0 Å². The molecule has 0 atom stereocenters. The van der Waals surface area contributed by atoms with Crippen molar-refractivity contribution in [1.82, 2.24) is 19.2 Å². The molecule has 0 bridgehead atoms. The lowest BCUT2D eigenvalue weighted by Crippen LogP contribution is -2.24. The number of thiazole rings is 1. The molecule has 0 saturated carbocycles. The van der Waals surface area contributed by atoms with Gasteiger partial charge < -0.3 is 4.90 Å². The Balaban J connectivity index is 2.30. The molecule has 3 aromatic heterocycles. The molecule has 0 radical (unpaired) electrons. The van der Waals surface area contributed by atoms with Crippen molar-refractivity contribution in [1.29, 1.82) is 0 Å². The molecule has 0 spiro atoms. The lowest BCUT2D eigenvalue weighted by atomic mass is 9.95. The molecule has 6 nitrogen and oxygen atoms in total. The zero-order valence-corrected chi connectivity index (χ0v) is 17.6. The summed E-state index contributed by atoms with van der Waals surface area (Å²) >= 11 is 7.77. The van der Waals surface area contributed by atoms with Gasteiger partial charge in [-0.05, 0) is 37.3 Å². The van der Waals surface area contributed by atoms with Crippen LogP contribution in [0.3, 0.4) is 0 Å². The molecule has 0 fully saturated rings. The van der Waals surface area contributed by atoms with Crippen LogP contribution in [0, 0.1) is 6.92 Å². The Labute approximate surface area is 162 Å². The van der Waals surface area contributed by atoms with Crippen molar-refractivity contribution >= 4 is 33.6 Å². The second kappa shape index (κ2) is 7.04. The van der Waals surface area contributed by atoms with Gasteiger partial charge in [0.1, 0.15) is 10.4 Å². The van der Waals surface area contributed by atoms with Crippen molar-refractivity contribution in [3.05, 3.63) is 32.8 Å². The van der Waals surface area contributed by atoms with Gasteiger partial charge in [0.15, 0.2) is 16.1 Å². The van der Waals surface area contributed by atoms with Crippen molar-refractivity contribution in [3.8, 4) is 10.7 Å². The van der Waals surface area contributed by atoms with Gasteiger partial charge in [-0.15, -0.1) is 5.10 Å². The van der Waals surface area contributed by atoms with Gasteiger partial charge in [-0.3, -0.25) is 9.36 Å². The van der Waals surface area contributed by atoms with Gasteiger partial charge in [-0.1, -0.05) is 36.8 Å². The van der Waals surface area contributed by atoms with Crippen LogP contribution in [0.15, 0.2) is 10.9 Å². The van der Waals surface area contributed by atoms with Gasteiger partial charge in [0, 0.05) is 26.8 Å². The molecule has 0 saturated heterocycles. The fraction of sp³-hybridized carbons (Fsp3) is 0.500. The number of aryl methyl sites for hydroxylation is 1. The Morgan fingerprint density at radius 2 is 1.96 bits per heavy atom. The Bertz CT molecular complexity index is 1010. The number of fused-ring (bicyclic) bond motifs is 1. The maximum absolute atomic E-state index is 13.2. The molecule has 3 rings (SSSR count). The summed E-state index contributed by atoms with van der Waals surface area (Å²) in [6.45, 7) is 6.28. The standard InChI is InChI=1S/C18H24ClN5OS/c1-7-11(8-2)12-9-10(3)24-13(12)17(25)23(6)16(21-24)14-15(19)20-18(26-14)22(4)5/h9,11H,7-8H2,1-6H3. The largest absolute Gasteiger partial charge is 0.354 e. The molecule has 3 heterocycles. The highest BCUT2D eigenvalue weighted by atomic mass is 35.5. The van der Waals surface area contributed by atoms with Crippen LogP contribution >= 0.6 is 22.9 Å². The minimum Gasteiger partial charge on any atom is -0.354 e. The second-order valence-electron chi connectivity index (χ2n) is 6.71. The second-order valence-corrected chi connectivity index (χ2v) is 8.05. The summed E-state index contributed by atoms with van der Waals surface area (Å²) in [5.74, 6) is 0.888. The Kier molecular flexibility index (Phi) is 5.12. The number of aromatic nitrogens is 4. The molecule has 140 valence electrons. The van der Waals surface area contributed by atoms with Gasteiger partial charge in [0.05, 0.1) is 0 Å². The van der Waals surface area contributed by atoms with E-state index in [1.165, 1.54) is 11.3 Å². The molecule has 8 heteroatoms. The van der Waals surface area contributed by atoms with E-state index < -0.39 is 0 Å². The summed E-state index contributed by atoms with van der Waals surface area (Å²) in [7, 11) is 5.56. The minimum absolute atomic E-state index is 0.0548. The predicted molar refractivity (Wildman–Crippen MR) is 109 cm³/mol. The van der Waals surface area contributed by atoms with E-state index in [1.807, 2.05) is 25.9 Å². The molecule has 0 aliphatic heterocycles. The van der Waals surface area contributed by atoms with E-state index in [2.05, 4.69) is 24.9 Å².